The number of hydrogen-bond acceptors (Lipinski definition) is 3. The Morgan fingerprint density at radius 1 is 1.50 bits per heavy atom. The molecule has 0 saturated carbocycles. The van der Waals surface area contributed by atoms with Crippen molar-refractivity contribution in [1.29, 1.82) is 0 Å². The van der Waals surface area contributed by atoms with Crippen LogP contribution in [0, 0.1) is 6.92 Å². The van der Waals surface area contributed by atoms with E-state index in [9.17, 15) is 9.59 Å². The minimum Gasteiger partial charge on any atom is -0.341 e. The second-order valence-electron chi connectivity index (χ2n) is 3.68. The Bertz CT molecular complexity index is 402. The fourth-order valence-electron chi connectivity index (χ4n) is 1.38. The molecule has 1 rings (SSSR count). The number of rotatable bonds is 4. The van der Waals surface area contributed by atoms with E-state index in [1.54, 1.807) is 26.1 Å². The molecule has 0 aromatic carbocycles. The molecule has 1 aromatic rings. The van der Waals surface area contributed by atoms with Crippen molar-refractivity contribution in [1.82, 2.24) is 10.3 Å². The van der Waals surface area contributed by atoms with Crippen LogP contribution in [0.15, 0.2) is 18.3 Å². The summed E-state index contributed by atoms with van der Waals surface area (Å²) in [7, 11) is 0. The largest absolute Gasteiger partial charge is 0.341 e. The SMILES string of the molecule is CCC(=O)C(C)NC(=O)c1ncccc1C. The average molecular weight is 220 g/mol. The monoisotopic (exact) mass is 220 g/mol. The Hall–Kier alpha value is -1.71. The smallest absolute Gasteiger partial charge is 0.270 e. The van der Waals surface area contributed by atoms with Crippen LogP contribution in [0.25, 0.3) is 0 Å². The minimum atomic E-state index is -0.459. The summed E-state index contributed by atoms with van der Waals surface area (Å²) in [4.78, 5) is 27.1. The van der Waals surface area contributed by atoms with E-state index in [-0.39, 0.29) is 11.7 Å². The van der Waals surface area contributed by atoms with Gasteiger partial charge in [-0.15, -0.1) is 0 Å². The quantitative estimate of drug-likeness (QED) is 0.836. The van der Waals surface area contributed by atoms with Gasteiger partial charge in [-0.05, 0) is 25.5 Å². The third-order valence-corrected chi connectivity index (χ3v) is 2.40. The molecule has 0 saturated heterocycles. The Morgan fingerprint density at radius 2 is 2.19 bits per heavy atom. The normalized spacial score (nSPS) is 11.9. The maximum Gasteiger partial charge on any atom is 0.270 e. The highest BCUT2D eigenvalue weighted by atomic mass is 16.2. The van der Waals surface area contributed by atoms with Crippen LogP contribution in [0.2, 0.25) is 0 Å². The molecular formula is C12H16N2O2. The van der Waals surface area contributed by atoms with Gasteiger partial charge in [-0.2, -0.15) is 0 Å². The van der Waals surface area contributed by atoms with Crippen molar-refractivity contribution < 1.29 is 9.59 Å². The lowest BCUT2D eigenvalue weighted by molar-refractivity contribution is -0.120. The molecule has 0 aliphatic rings. The van der Waals surface area contributed by atoms with Crippen LogP contribution in [0.3, 0.4) is 0 Å². The Morgan fingerprint density at radius 3 is 2.75 bits per heavy atom. The van der Waals surface area contributed by atoms with Crippen molar-refractivity contribution >= 4 is 11.7 Å². The van der Waals surface area contributed by atoms with Crippen molar-refractivity contribution in [3.8, 4) is 0 Å². The number of hydrogen-bond donors (Lipinski definition) is 1. The van der Waals surface area contributed by atoms with Crippen LogP contribution >= 0.6 is 0 Å². The molecule has 1 heterocycles. The highest BCUT2D eigenvalue weighted by molar-refractivity contribution is 5.97. The van der Waals surface area contributed by atoms with Gasteiger partial charge in [0.1, 0.15) is 5.69 Å². The summed E-state index contributed by atoms with van der Waals surface area (Å²) in [5, 5.41) is 2.64. The predicted molar refractivity (Wildman–Crippen MR) is 61.2 cm³/mol. The number of carbonyl (C=O) groups excluding carboxylic acids is 2. The third kappa shape index (κ3) is 2.89. The molecule has 4 nitrogen and oxygen atoms in total. The predicted octanol–water partition coefficient (Wildman–Crippen LogP) is 1.49. The van der Waals surface area contributed by atoms with E-state index in [2.05, 4.69) is 10.3 Å². The van der Waals surface area contributed by atoms with Gasteiger partial charge < -0.3 is 5.32 Å². The van der Waals surface area contributed by atoms with Gasteiger partial charge in [0.15, 0.2) is 5.78 Å². The molecule has 1 N–H and O–H groups in total. The number of carbonyl (C=O) groups is 2. The molecule has 1 atom stereocenters. The highest BCUT2D eigenvalue weighted by Crippen LogP contribution is 2.03. The number of pyridine rings is 1. The Kier molecular flexibility index (Phi) is 4.17. The number of nitrogens with zero attached hydrogens (tertiary/aromatic N) is 1. The lowest BCUT2D eigenvalue weighted by Gasteiger charge is -2.12. The van der Waals surface area contributed by atoms with Crippen molar-refractivity contribution in [2.75, 3.05) is 0 Å². The van der Waals surface area contributed by atoms with Gasteiger partial charge in [-0.25, -0.2) is 0 Å². The Labute approximate surface area is 95.1 Å². The molecule has 0 fully saturated rings. The minimum absolute atomic E-state index is 0.0157. The zero-order valence-corrected chi connectivity index (χ0v) is 9.78. The van der Waals surface area contributed by atoms with Crippen LogP contribution < -0.4 is 5.32 Å². The fraction of sp³-hybridized carbons (Fsp3) is 0.417. The number of amides is 1. The first kappa shape index (κ1) is 12.4. The molecule has 0 aliphatic carbocycles. The van der Waals surface area contributed by atoms with Gasteiger partial charge in [0.25, 0.3) is 5.91 Å². The molecule has 4 heteroatoms. The summed E-state index contributed by atoms with van der Waals surface area (Å²) >= 11 is 0. The second-order valence-corrected chi connectivity index (χ2v) is 3.68. The zero-order valence-electron chi connectivity index (χ0n) is 9.78. The summed E-state index contributed by atoms with van der Waals surface area (Å²) in [6, 6.07) is 3.12. The van der Waals surface area contributed by atoms with E-state index in [1.165, 1.54) is 0 Å². The molecule has 0 aliphatic heterocycles. The van der Waals surface area contributed by atoms with Crippen LogP contribution in [0.5, 0.6) is 0 Å². The van der Waals surface area contributed by atoms with Gasteiger partial charge in [-0.3, -0.25) is 14.6 Å². The molecule has 0 bridgehead atoms. The number of ketones is 1. The number of aromatic nitrogens is 1. The van der Waals surface area contributed by atoms with Gasteiger partial charge in [0, 0.05) is 12.6 Å². The van der Waals surface area contributed by atoms with E-state index in [1.807, 2.05) is 13.0 Å². The lowest BCUT2D eigenvalue weighted by atomic mass is 10.1. The van der Waals surface area contributed by atoms with Crippen LogP contribution in [0.4, 0.5) is 0 Å². The van der Waals surface area contributed by atoms with Gasteiger partial charge >= 0.3 is 0 Å². The van der Waals surface area contributed by atoms with Crippen LogP contribution in [0.1, 0.15) is 36.3 Å². The van der Waals surface area contributed by atoms with E-state index in [4.69, 9.17) is 0 Å². The number of aryl methyl sites for hydroxylation is 1. The summed E-state index contributed by atoms with van der Waals surface area (Å²) in [5.74, 6) is -0.283. The first-order chi connectivity index (χ1) is 7.56. The first-order valence-corrected chi connectivity index (χ1v) is 5.31. The van der Waals surface area contributed by atoms with Crippen LogP contribution in [-0.4, -0.2) is 22.7 Å². The van der Waals surface area contributed by atoms with Gasteiger partial charge in [0.05, 0.1) is 6.04 Å². The van der Waals surface area contributed by atoms with E-state index in [0.29, 0.717) is 12.1 Å². The Balaban J connectivity index is 2.73. The third-order valence-electron chi connectivity index (χ3n) is 2.40. The summed E-state index contributed by atoms with van der Waals surface area (Å²) in [5.41, 5.74) is 1.18. The van der Waals surface area contributed by atoms with Gasteiger partial charge in [-0.1, -0.05) is 13.0 Å². The van der Waals surface area contributed by atoms with E-state index in [0.717, 1.165) is 5.56 Å². The zero-order chi connectivity index (χ0) is 12.1. The van der Waals surface area contributed by atoms with E-state index >= 15 is 0 Å². The van der Waals surface area contributed by atoms with E-state index < -0.39 is 6.04 Å². The molecule has 86 valence electrons. The van der Waals surface area contributed by atoms with Gasteiger partial charge in [0.2, 0.25) is 0 Å². The molecule has 1 aromatic heterocycles. The standard InChI is InChI=1S/C12H16N2O2/c1-4-10(15)9(3)14-12(16)11-8(2)6-5-7-13-11/h5-7,9H,4H2,1-3H3,(H,14,16). The topological polar surface area (TPSA) is 59.1 Å². The van der Waals surface area contributed by atoms with Crippen LogP contribution in [-0.2, 0) is 4.79 Å². The number of nitrogens with one attached hydrogen (secondary N) is 1. The molecule has 0 radical (unpaired) electrons. The lowest BCUT2D eigenvalue weighted by Crippen LogP contribution is -2.38. The summed E-state index contributed by atoms with van der Waals surface area (Å²) < 4.78 is 0. The first-order valence-electron chi connectivity index (χ1n) is 5.31. The summed E-state index contributed by atoms with van der Waals surface area (Å²) in [6.07, 6.45) is 1.98. The molecule has 1 unspecified atom stereocenters. The van der Waals surface area contributed by atoms with Crippen molar-refractivity contribution in [2.24, 2.45) is 0 Å². The molecule has 16 heavy (non-hydrogen) atoms. The van der Waals surface area contributed by atoms with Crippen molar-refractivity contribution in [2.45, 2.75) is 33.2 Å². The second kappa shape index (κ2) is 5.39. The van der Waals surface area contributed by atoms with Crippen molar-refractivity contribution in [3.05, 3.63) is 29.6 Å². The van der Waals surface area contributed by atoms with Crippen molar-refractivity contribution in [3.63, 3.8) is 0 Å². The average Bonchev–Trinajstić information content (AvgIpc) is 2.28. The fourth-order valence-corrected chi connectivity index (χ4v) is 1.38. The number of Topliss-reactive ketones (excluding diaryl/α,β-unsaturated/α-hetero) is 1. The highest BCUT2D eigenvalue weighted by Gasteiger charge is 2.16. The molecular weight excluding hydrogens is 204 g/mol. The molecule has 0 spiro atoms. The molecule has 1 amide bonds. The summed E-state index contributed by atoms with van der Waals surface area (Å²) in [6.45, 7) is 5.27. The maximum atomic E-state index is 11.8. The maximum absolute atomic E-state index is 11.8.